The number of benzene rings is 2. The molecule has 2 saturated carbocycles. The number of carbonyl (C=O) groups excluding carboxylic acids is 1. The van der Waals surface area contributed by atoms with Crippen molar-refractivity contribution in [1.29, 1.82) is 0 Å². The lowest BCUT2D eigenvalue weighted by Gasteiger charge is -2.34. The molecule has 9 rings (SSSR count). The first kappa shape index (κ1) is 45.1. The van der Waals surface area contributed by atoms with Crippen LogP contribution in [0.2, 0.25) is 5.02 Å². The first-order valence-electron chi connectivity index (χ1n) is 20.5. The molecule has 0 unspecified atom stereocenters. The quantitative estimate of drug-likeness (QED) is 0.0843. The van der Waals surface area contributed by atoms with Gasteiger partial charge in [0.1, 0.15) is 40.0 Å². The number of carbonyl (C=O) groups is 1. The zero-order chi connectivity index (χ0) is 47.2. The zero-order valence-corrected chi connectivity index (χ0v) is 36.4. The number of aromatic nitrogens is 7. The Morgan fingerprint density at radius 2 is 1.68 bits per heavy atom. The number of hydrogen-bond acceptors (Lipinski definition) is 10. The summed E-state index contributed by atoms with van der Waals surface area (Å²) in [5, 5.41) is 20.3. The molecule has 4 aromatic heterocycles. The van der Waals surface area contributed by atoms with Gasteiger partial charge in [0.15, 0.2) is 15.7 Å². The number of sulfone groups is 1. The van der Waals surface area contributed by atoms with E-state index in [0.717, 1.165) is 12.1 Å². The predicted molar refractivity (Wildman–Crippen MR) is 222 cm³/mol. The van der Waals surface area contributed by atoms with E-state index in [0.29, 0.717) is 29.2 Å². The van der Waals surface area contributed by atoms with E-state index in [1.54, 1.807) is 6.07 Å². The van der Waals surface area contributed by atoms with E-state index < -0.39 is 110 Å². The van der Waals surface area contributed by atoms with E-state index in [1.165, 1.54) is 43.8 Å². The molecular weight excluding hydrogens is 926 g/mol. The lowest BCUT2D eigenvalue weighted by Crippen LogP contribution is -2.36. The summed E-state index contributed by atoms with van der Waals surface area (Å²) in [5.74, 6) is -3.96. The van der Waals surface area contributed by atoms with Gasteiger partial charge < -0.3 is 9.73 Å². The number of pyridine rings is 1. The van der Waals surface area contributed by atoms with Gasteiger partial charge in [0.2, 0.25) is 5.91 Å². The summed E-state index contributed by atoms with van der Waals surface area (Å²) >= 11 is 6.72. The molecule has 6 aromatic rings. The number of alkyl halides is 6. The van der Waals surface area contributed by atoms with Crippen LogP contribution in [0.25, 0.3) is 22.0 Å². The Morgan fingerprint density at radius 3 is 2.32 bits per heavy atom. The predicted octanol–water partition coefficient (Wildman–Crippen LogP) is 9.17. The molecule has 0 radical (unpaired) electrons. The minimum atomic E-state index is -3.70. The van der Waals surface area contributed by atoms with Crippen molar-refractivity contribution in [3.8, 4) is 23.0 Å². The maximum Gasteiger partial charge on any atom is 0.321 e. The van der Waals surface area contributed by atoms with Crippen LogP contribution in [0, 0.1) is 29.4 Å². The van der Waals surface area contributed by atoms with Crippen LogP contribution in [-0.4, -0.2) is 59.1 Å². The van der Waals surface area contributed by atoms with Gasteiger partial charge in [0.25, 0.3) is 18.2 Å². The lowest BCUT2D eigenvalue weighted by molar-refractivity contribution is -0.123. The fraction of sp³-hybridized carbons (Fsp3) is 0.395. The van der Waals surface area contributed by atoms with Gasteiger partial charge in [-0.2, -0.15) is 27.8 Å². The van der Waals surface area contributed by atoms with Crippen LogP contribution in [0.4, 0.5) is 47.0 Å². The minimum absolute atomic E-state index is 0.00206. The third-order valence-electron chi connectivity index (χ3n) is 12.1. The Bertz CT molecular complexity index is 3100. The highest BCUT2D eigenvalue weighted by Gasteiger charge is 2.62. The van der Waals surface area contributed by atoms with Crippen molar-refractivity contribution in [2.75, 3.05) is 5.32 Å². The molecule has 0 aliphatic heterocycles. The molecule has 0 spiro atoms. The first-order chi connectivity index (χ1) is 31.1. The number of anilines is 2. The molecule has 1 amide bonds. The Morgan fingerprint density at radius 1 is 0.970 bits per heavy atom. The Kier molecular flexibility index (Phi) is 11.2. The summed E-state index contributed by atoms with van der Waals surface area (Å²) in [6, 6.07) is 6.79. The van der Waals surface area contributed by atoms with Crippen LogP contribution in [0.5, 0.6) is 0 Å². The highest BCUT2D eigenvalue weighted by molar-refractivity contribution is 7.93. The molecule has 3 atom stereocenters. The highest BCUT2D eigenvalue weighted by Crippen LogP contribution is 2.63. The fourth-order valence-electron chi connectivity index (χ4n) is 8.77. The van der Waals surface area contributed by atoms with Gasteiger partial charge in [0, 0.05) is 35.7 Å². The smallest absolute Gasteiger partial charge is 0.321 e. The van der Waals surface area contributed by atoms with E-state index in [4.69, 9.17) is 21.0 Å². The fourth-order valence-corrected chi connectivity index (χ4v) is 10.8. The SMILES string of the molecule is Cn1nc(Nc2nnc(C(F)F)o2)c2c(Cl)ccc(-c3ccc(C#CC(C)(C)S(=O)(=O)C4CC4)nc3[C@H](Cc3cc(F)cc(F)c3)NC(=O)Cn3nc(C(F)F)c4c3C(F)(F)[C@@H]3CC[C@H]43)c21. The summed E-state index contributed by atoms with van der Waals surface area (Å²) in [5.41, 5.74) is -1.15. The molecule has 4 heterocycles. The molecule has 23 heteroatoms. The Hall–Kier alpha value is -6.08. The van der Waals surface area contributed by atoms with Crippen molar-refractivity contribution >= 4 is 50.1 Å². The van der Waals surface area contributed by atoms with Gasteiger partial charge in [0.05, 0.1) is 32.9 Å². The summed E-state index contributed by atoms with van der Waals surface area (Å²) < 4.78 is 148. The van der Waals surface area contributed by atoms with E-state index in [9.17, 15) is 39.6 Å². The third kappa shape index (κ3) is 7.92. The molecule has 3 aliphatic carbocycles. The van der Waals surface area contributed by atoms with E-state index in [2.05, 4.69) is 42.9 Å². The van der Waals surface area contributed by atoms with Crippen LogP contribution in [0.15, 0.2) is 46.9 Å². The van der Waals surface area contributed by atoms with Crippen LogP contribution in [0.1, 0.15) is 104 Å². The monoisotopic (exact) mass is 961 g/mol. The second kappa shape index (κ2) is 16.4. The van der Waals surface area contributed by atoms with Gasteiger partial charge in [-0.25, -0.2) is 31.0 Å². The first-order valence-corrected chi connectivity index (χ1v) is 22.4. The number of halogens is 9. The van der Waals surface area contributed by atoms with Crippen molar-refractivity contribution in [1.82, 2.24) is 40.1 Å². The molecule has 2 aromatic carbocycles. The maximum absolute atomic E-state index is 15.8. The van der Waals surface area contributed by atoms with E-state index in [-0.39, 0.29) is 62.7 Å². The topological polar surface area (TPSA) is 163 Å². The summed E-state index contributed by atoms with van der Waals surface area (Å²) in [6.45, 7) is 1.93. The number of rotatable bonds is 13. The van der Waals surface area contributed by atoms with E-state index >= 15 is 8.78 Å². The summed E-state index contributed by atoms with van der Waals surface area (Å²) in [4.78, 5) is 19.0. The normalized spacial score (nSPS) is 18.2. The van der Waals surface area contributed by atoms with Crippen molar-refractivity contribution in [2.24, 2.45) is 13.0 Å². The van der Waals surface area contributed by atoms with Crippen LogP contribution in [-0.2, 0) is 40.6 Å². The van der Waals surface area contributed by atoms with Crippen molar-refractivity contribution < 1.29 is 52.8 Å². The van der Waals surface area contributed by atoms with Crippen LogP contribution in [0.3, 0.4) is 0 Å². The summed E-state index contributed by atoms with van der Waals surface area (Å²) in [7, 11) is -2.18. The molecule has 66 heavy (non-hydrogen) atoms. The standard InChI is InChI=1S/C43H36ClF8N9O4S/c1-42(2,66(63,64)23-5-6-23)13-12-22-4-7-24(25-9-11-28(44)32-35(25)60(3)59-39(32)55-41-57-56-40(65-41)38(49)50)33(53-22)29(16-19-14-20(45)17-21(46)15-19)54-30(62)18-61-36-31(34(58-61)37(47)48)26-8-10-27(26)43(36,51)52/h4,7,9,11,14-15,17,23,26-27,29,37-38H,5-6,8,10,16,18H2,1-3H3,(H,54,62)(H,55,57,59)/t26-,27+,29-/m0/s1. The Labute approximate surface area is 375 Å². The minimum Gasteiger partial charge on any atom is -0.402 e. The molecule has 3 aliphatic rings. The second-order valence-electron chi connectivity index (χ2n) is 16.9. The molecule has 2 N–H and O–H groups in total. The largest absolute Gasteiger partial charge is 0.402 e. The van der Waals surface area contributed by atoms with Gasteiger partial charge >= 0.3 is 12.4 Å². The molecule has 346 valence electrons. The number of amides is 1. The van der Waals surface area contributed by atoms with Gasteiger partial charge in [-0.3, -0.25) is 19.5 Å². The molecule has 2 fully saturated rings. The zero-order valence-electron chi connectivity index (χ0n) is 34.8. The number of fused-ring (bicyclic) bond motifs is 4. The van der Waals surface area contributed by atoms with Crippen molar-refractivity contribution in [2.45, 2.75) is 93.2 Å². The maximum atomic E-state index is 15.8. The molecule has 13 nitrogen and oxygen atoms in total. The second-order valence-corrected chi connectivity index (χ2v) is 20.1. The average molecular weight is 962 g/mol. The molecule has 0 bridgehead atoms. The Balaban J connectivity index is 1.19. The van der Waals surface area contributed by atoms with Crippen LogP contribution < -0.4 is 10.6 Å². The molecule has 0 saturated heterocycles. The number of aryl methyl sites for hydroxylation is 1. The molecular formula is C43H36ClF8N9O4S. The number of nitrogens with one attached hydrogen (secondary N) is 2. The highest BCUT2D eigenvalue weighted by atomic mass is 35.5. The van der Waals surface area contributed by atoms with Crippen molar-refractivity contribution in [3.05, 3.63) is 98.9 Å². The van der Waals surface area contributed by atoms with Gasteiger partial charge in [-0.05, 0) is 93.7 Å². The summed E-state index contributed by atoms with van der Waals surface area (Å²) in [6.07, 6.45) is -5.37. The van der Waals surface area contributed by atoms with Crippen molar-refractivity contribution in [3.63, 3.8) is 0 Å². The lowest BCUT2D eigenvalue weighted by atomic mass is 9.73. The average Bonchev–Trinajstić information content (AvgIpc) is 3.69. The van der Waals surface area contributed by atoms with Gasteiger partial charge in [-0.1, -0.05) is 28.7 Å². The van der Waals surface area contributed by atoms with E-state index in [1.807, 2.05) is 0 Å². The van der Waals surface area contributed by atoms with Gasteiger partial charge in [-0.15, -0.1) is 5.10 Å². The number of hydrogen-bond donors (Lipinski definition) is 2. The number of nitrogens with zero attached hydrogens (tertiary/aromatic N) is 7. The third-order valence-corrected chi connectivity index (χ3v) is 15.3. The van der Waals surface area contributed by atoms with Crippen LogP contribution >= 0.6 is 11.6 Å².